The molecule has 0 aliphatic carbocycles. The third kappa shape index (κ3) is 4.69. The van der Waals surface area contributed by atoms with Gasteiger partial charge in [0, 0.05) is 5.56 Å². The Morgan fingerprint density at radius 1 is 0.758 bits per heavy atom. The summed E-state index contributed by atoms with van der Waals surface area (Å²) >= 11 is 6.51. The van der Waals surface area contributed by atoms with Crippen molar-refractivity contribution in [3.8, 4) is 51.0 Å². The van der Waals surface area contributed by atoms with Crippen LogP contribution < -0.4 is 14.2 Å². The monoisotopic (exact) mass is 462 g/mol. The van der Waals surface area contributed by atoms with Gasteiger partial charge >= 0.3 is 0 Å². The van der Waals surface area contributed by atoms with Gasteiger partial charge in [0.2, 0.25) is 0 Å². The molecule has 0 unspecified atom stereocenters. The van der Waals surface area contributed by atoms with Crippen LogP contribution in [0, 0.1) is 0 Å². The van der Waals surface area contributed by atoms with Gasteiger partial charge in [-0.2, -0.15) is 0 Å². The SMILES string of the molecule is COc1cc(-c2ccc(O)cc2)c(OC)c(O)c1-c1ccc(OCc2ccccc2)c(Cl)c1. The van der Waals surface area contributed by atoms with E-state index < -0.39 is 0 Å². The van der Waals surface area contributed by atoms with E-state index in [9.17, 15) is 10.2 Å². The lowest BCUT2D eigenvalue weighted by Gasteiger charge is -2.18. The Balaban J connectivity index is 1.72. The fraction of sp³-hybridized carbons (Fsp3) is 0.111. The lowest BCUT2D eigenvalue weighted by molar-refractivity contribution is 0.306. The van der Waals surface area contributed by atoms with Gasteiger partial charge in [0.25, 0.3) is 0 Å². The summed E-state index contributed by atoms with van der Waals surface area (Å²) in [5.74, 6) is 1.35. The highest BCUT2D eigenvalue weighted by molar-refractivity contribution is 6.32. The quantitative estimate of drug-likeness (QED) is 0.320. The molecule has 0 spiro atoms. The summed E-state index contributed by atoms with van der Waals surface area (Å²) in [6.45, 7) is 0.392. The van der Waals surface area contributed by atoms with Gasteiger partial charge in [-0.05, 0) is 47.0 Å². The molecule has 0 radical (unpaired) electrons. The summed E-state index contributed by atoms with van der Waals surface area (Å²) in [5.41, 5.74) is 3.52. The molecule has 6 heteroatoms. The van der Waals surface area contributed by atoms with Crippen LogP contribution in [0.1, 0.15) is 5.56 Å². The minimum absolute atomic E-state index is 0.0751. The van der Waals surface area contributed by atoms with Crippen LogP contribution in [0.2, 0.25) is 5.02 Å². The van der Waals surface area contributed by atoms with Gasteiger partial charge < -0.3 is 24.4 Å². The summed E-state index contributed by atoms with van der Waals surface area (Å²) in [6.07, 6.45) is 0. The predicted octanol–water partition coefficient (Wildman–Crippen LogP) is 6.68. The van der Waals surface area contributed by atoms with Gasteiger partial charge in [0.1, 0.15) is 23.9 Å². The lowest BCUT2D eigenvalue weighted by atomic mass is 9.96. The number of ether oxygens (including phenoxy) is 3. The Kier molecular flexibility index (Phi) is 6.61. The molecular weight excluding hydrogens is 440 g/mol. The molecule has 0 amide bonds. The normalized spacial score (nSPS) is 10.6. The average Bonchev–Trinajstić information content (AvgIpc) is 2.84. The smallest absolute Gasteiger partial charge is 0.170 e. The zero-order valence-electron chi connectivity index (χ0n) is 18.2. The van der Waals surface area contributed by atoms with E-state index in [0.29, 0.717) is 39.8 Å². The molecule has 0 aromatic heterocycles. The minimum Gasteiger partial charge on any atom is -0.508 e. The Labute approximate surface area is 197 Å². The lowest BCUT2D eigenvalue weighted by Crippen LogP contribution is -1.97. The zero-order chi connectivity index (χ0) is 23.4. The fourth-order valence-corrected chi connectivity index (χ4v) is 3.87. The highest BCUT2D eigenvalue weighted by atomic mass is 35.5. The largest absolute Gasteiger partial charge is 0.508 e. The van der Waals surface area contributed by atoms with Crippen molar-refractivity contribution < 1.29 is 24.4 Å². The molecule has 0 heterocycles. The summed E-state index contributed by atoms with van der Waals surface area (Å²) in [6, 6.07) is 23.5. The molecule has 2 N–H and O–H groups in total. The van der Waals surface area contributed by atoms with Crippen molar-refractivity contribution in [2.75, 3.05) is 14.2 Å². The van der Waals surface area contributed by atoms with Crippen LogP contribution in [-0.4, -0.2) is 24.4 Å². The molecular formula is C27H23ClO5. The van der Waals surface area contributed by atoms with Gasteiger partial charge in [0.05, 0.1) is 24.8 Å². The van der Waals surface area contributed by atoms with E-state index in [1.54, 1.807) is 42.5 Å². The average molecular weight is 463 g/mol. The topological polar surface area (TPSA) is 68.2 Å². The van der Waals surface area contributed by atoms with Crippen LogP contribution in [0.15, 0.2) is 78.9 Å². The molecule has 0 aliphatic heterocycles. The zero-order valence-corrected chi connectivity index (χ0v) is 19.0. The van der Waals surface area contributed by atoms with Crippen molar-refractivity contribution in [3.05, 3.63) is 89.4 Å². The Morgan fingerprint density at radius 3 is 2.09 bits per heavy atom. The van der Waals surface area contributed by atoms with Crippen molar-refractivity contribution in [2.24, 2.45) is 0 Å². The van der Waals surface area contributed by atoms with E-state index in [1.807, 2.05) is 36.4 Å². The number of benzene rings is 4. The Bertz CT molecular complexity index is 1250. The minimum atomic E-state index is -0.0751. The Morgan fingerprint density at radius 2 is 1.45 bits per heavy atom. The van der Waals surface area contributed by atoms with E-state index in [0.717, 1.165) is 11.1 Å². The first-order valence-corrected chi connectivity index (χ1v) is 10.6. The van der Waals surface area contributed by atoms with E-state index in [-0.39, 0.29) is 17.2 Å². The van der Waals surface area contributed by atoms with Gasteiger partial charge in [-0.15, -0.1) is 0 Å². The van der Waals surface area contributed by atoms with Crippen molar-refractivity contribution in [2.45, 2.75) is 6.61 Å². The number of aromatic hydroxyl groups is 2. The molecule has 0 saturated heterocycles. The highest BCUT2D eigenvalue weighted by Gasteiger charge is 2.22. The predicted molar refractivity (Wildman–Crippen MR) is 130 cm³/mol. The van der Waals surface area contributed by atoms with Crippen molar-refractivity contribution in [3.63, 3.8) is 0 Å². The fourth-order valence-electron chi connectivity index (χ4n) is 3.64. The van der Waals surface area contributed by atoms with E-state index in [2.05, 4.69) is 0 Å². The highest BCUT2D eigenvalue weighted by Crippen LogP contribution is 2.50. The summed E-state index contributed by atoms with van der Waals surface area (Å²) in [5, 5.41) is 21.1. The Hall–Kier alpha value is -3.83. The van der Waals surface area contributed by atoms with Gasteiger partial charge in [-0.1, -0.05) is 60.1 Å². The summed E-state index contributed by atoms with van der Waals surface area (Å²) < 4.78 is 17.0. The maximum atomic E-state index is 11.1. The molecule has 0 saturated carbocycles. The van der Waals surface area contributed by atoms with E-state index in [4.69, 9.17) is 25.8 Å². The molecule has 0 bridgehead atoms. The van der Waals surface area contributed by atoms with Crippen LogP contribution in [0.4, 0.5) is 0 Å². The summed E-state index contributed by atoms with van der Waals surface area (Å²) in [4.78, 5) is 0. The third-order valence-corrected chi connectivity index (χ3v) is 5.57. The standard InChI is InChI=1S/C27H23ClO5/c1-31-24-15-21(18-8-11-20(29)12-9-18)27(32-2)26(30)25(24)19-10-13-23(22(28)14-19)33-16-17-6-4-3-5-7-17/h3-15,29-30H,16H2,1-2H3. The number of phenolic OH excluding ortho intramolecular Hbond substituents is 2. The third-order valence-electron chi connectivity index (χ3n) is 5.28. The molecule has 0 fully saturated rings. The number of hydrogen-bond donors (Lipinski definition) is 2. The first-order chi connectivity index (χ1) is 16.0. The van der Waals surface area contributed by atoms with Gasteiger partial charge in [-0.3, -0.25) is 0 Å². The maximum absolute atomic E-state index is 11.1. The van der Waals surface area contributed by atoms with Crippen LogP contribution in [0.3, 0.4) is 0 Å². The number of hydrogen-bond acceptors (Lipinski definition) is 5. The molecule has 4 rings (SSSR count). The first kappa shape index (κ1) is 22.4. The maximum Gasteiger partial charge on any atom is 0.170 e. The molecule has 4 aromatic rings. The molecule has 168 valence electrons. The van der Waals surface area contributed by atoms with Crippen molar-refractivity contribution >= 4 is 11.6 Å². The number of methoxy groups -OCH3 is 2. The van der Waals surface area contributed by atoms with E-state index in [1.165, 1.54) is 14.2 Å². The second-order valence-corrected chi connectivity index (χ2v) is 7.76. The van der Waals surface area contributed by atoms with Gasteiger partial charge in [-0.25, -0.2) is 0 Å². The molecule has 0 atom stereocenters. The molecule has 4 aromatic carbocycles. The second kappa shape index (κ2) is 9.76. The summed E-state index contributed by atoms with van der Waals surface area (Å²) in [7, 11) is 3.02. The van der Waals surface area contributed by atoms with Crippen LogP contribution >= 0.6 is 11.6 Å². The van der Waals surface area contributed by atoms with Crippen molar-refractivity contribution in [1.82, 2.24) is 0 Å². The van der Waals surface area contributed by atoms with Crippen LogP contribution in [0.25, 0.3) is 22.3 Å². The van der Waals surface area contributed by atoms with Crippen LogP contribution in [-0.2, 0) is 6.61 Å². The van der Waals surface area contributed by atoms with Gasteiger partial charge in [0.15, 0.2) is 11.5 Å². The number of halogens is 1. The number of rotatable bonds is 7. The van der Waals surface area contributed by atoms with E-state index >= 15 is 0 Å². The van der Waals surface area contributed by atoms with Crippen molar-refractivity contribution in [1.29, 1.82) is 0 Å². The number of phenols is 2. The molecule has 5 nitrogen and oxygen atoms in total. The molecule has 0 aliphatic rings. The first-order valence-electron chi connectivity index (χ1n) is 10.3. The second-order valence-electron chi connectivity index (χ2n) is 7.35. The molecule has 33 heavy (non-hydrogen) atoms. The van der Waals surface area contributed by atoms with Crippen LogP contribution in [0.5, 0.6) is 28.7 Å².